The summed E-state index contributed by atoms with van der Waals surface area (Å²) in [6.45, 7) is 0. The van der Waals surface area contributed by atoms with Crippen LogP contribution in [0.2, 0.25) is 5.02 Å². The summed E-state index contributed by atoms with van der Waals surface area (Å²) in [6, 6.07) is 24.9. The Morgan fingerprint density at radius 3 is 2.42 bits per heavy atom. The Labute approximate surface area is 251 Å². The number of carbonyl (C=O) groups excluding carboxylic acids is 2. The topological polar surface area (TPSA) is 92.8 Å². The lowest BCUT2D eigenvalue weighted by atomic mass is 10.0. The first-order valence-electron chi connectivity index (χ1n) is 11.9. The summed E-state index contributed by atoms with van der Waals surface area (Å²) in [4.78, 5) is 29.4. The molecule has 0 saturated carbocycles. The van der Waals surface area contributed by atoms with E-state index < -0.39 is 11.9 Å². The number of nitrogens with one attached hydrogen (secondary N) is 2. The van der Waals surface area contributed by atoms with Crippen LogP contribution in [0.25, 0.3) is 22.0 Å². The number of ether oxygens (including phenoxy) is 2. The van der Waals surface area contributed by atoms with Crippen LogP contribution in [0.4, 0.5) is 0 Å². The SMILES string of the molecule is COc1ccc(Br)c2c(-c3ccccc3)c(C(=O)NN=Cc3cc(Br)ccc3OC(=O)c3ccccc3Cl)[nH]c12. The lowest BCUT2D eigenvalue weighted by Gasteiger charge is -2.09. The van der Waals surface area contributed by atoms with Crippen molar-refractivity contribution >= 4 is 72.5 Å². The average molecular weight is 682 g/mol. The molecular weight excluding hydrogens is 662 g/mol. The molecule has 0 saturated heterocycles. The minimum atomic E-state index is -0.614. The predicted octanol–water partition coefficient (Wildman–Crippen LogP) is 8.01. The average Bonchev–Trinajstić information content (AvgIpc) is 3.37. The molecule has 1 aromatic heterocycles. The summed E-state index contributed by atoms with van der Waals surface area (Å²) in [7, 11) is 1.57. The zero-order chi connectivity index (χ0) is 28.2. The molecule has 1 amide bonds. The Balaban J connectivity index is 1.46. The number of hydrazone groups is 1. The van der Waals surface area contributed by atoms with Gasteiger partial charge in [0.1, 0.15) is 17.2 Å². The standard InChI is InChI=1S/C30H20Br2ClN3O4/c1-39-24-14-12-21(32)26-25(17-7-3-2-4-8-17)28(35-27(24)26)29(37)36-34-16-18-15-19(31)11-13-23(18)40-30(38)20-9-5-6-10-22(20)33/h2-16,35H,1H3,(H,36,37). The number of methoxy groups -OCH3 is 1. The van der Waals surface area contributed by atoms with Crippen molar-refractivity contribution in [3.05, 3.63) is 116 Å². The van der Waals surface area contributed by atoms with E-state index in [-0.39, 0.29) is 16.3 Å². The van der Waals surface area contributed by atoms with E-state index in [2.05, 4.69) is 47.4 Å². The van der Waals surface area contributed by atoms with E-state index in [1.807, 2.05) is 42.5 Å². The molecule has 1 heterocycles. The molecule has 5 rings (SSSR count). The van der Waals surface area contributed by atoms with E-state index in [1.54, 1.807) is 49.6 Å². The van der Waals surface area contributed by atoms with Gasteiger partial charge in [-0.1, -0.05) is 85.9 Å². The highest BCUT2D eigenvalue weighted by Gasteiger charge is 2.23. The van der Waals surface area contributed by atoms with Crippen LogP contribution in [0.15, 0.2) is 99.0 Å². The van der Waals surface area contributed by atoms with Gasteiger partial charge in [0.2, 0.25) is 0 Å². The van der Waals surface area contributed by atoms with E-state index in [1.165, 1.54) is 6.21 Å². The summed E-state index contributed by atoms with van der Waals surface area (Å²) >= 11 is 13.2. The maximum Gasteiger partial charge on any atom is 0.345 e. The number of benzene rings is 4. The molecule has 0 unspecified atom stereocenters. The molecule has 0 bridgehead atoms. The van der Waals surface area contributed by atoms with Crippen LogP contribution in [0.5, 0.6) is 11.5 Å². The Morgan fingerprint density at radius 1 is 0.950 bits per heavy atom. The van der Waals surface area contributed by atoms with Gasteiger partial charge in [-0.2, -0.15) is 5.10 Å². The fraction of sp³-hybridized carbons (Fsp3) is 0.0333. The van der Waals surface area contributed by atoms with Crippen LogP contribution < -0.4 is 14.9 Å². The third kappa shape index (κ3) is 5.67. The molecule has 10 heteroatoms. The summed E-state index contributed by atoms with van der Waals surface area (Å²) in [5, 5.41) is 5.25. The highest BCUT2D eigenvalue weighted by molar-refractivity contribution is 9.11. The van der Waals surface area contributed by atoms with Crippen LogP contribution in [-0.2, 0) is 0 Å². The Bertz CT molecular complexity index is 1770. The Morgan fingerprint density at radius 2 is 1.68 bits per heavy atom. The van der Waals surface area contributed by atoms with Crippen molar-refractivity contribution in [2.75, 3.05) is 7.11 Å². The van der Waals surface area contributed by atoms with Crippen LogP contribution in [-0.4, -0.2) is 30.2 Å². The zero-order valence-electron chi connectivity index (χ0n) is 20.9. The van der Waals surface area contributed by atoms with Crippen molar-refractivity contribution in [2.24, 2.45) is 5.10 Å². The second kappa shape index (κ2) is 12.1. The third-order valence-electron chi connectivity index (χ3n) is 6.01. The van der Waals surface area contributed by atoms with Crippen LogP contribution in [0, 0.1) is 0 Å². The normalized spacial score (nSPS) is 11.1. The maximum atomic E-state index is 13.4. The number of aromatic amines is 1. The fourth-order valence-electron chi connectivity index (χ4n) is 4.18. The smallest absolute Gasteiger partial charge is 0.345 e. The molecule has 200 valence electrons. The second-order valence-corrected chi connectivity index (χ2v) is 10.7. The Kier molecular flexibility index (Phi) is 8.35. The van der Waals surface area contributed by atoms with Gasteiger partial charge < -0.3 is 14.5 Å². The molecule has 0 atom stereocenters. The maximum absolute atomic E-state index is 13.4. The Hall–Kier alpha value is -3.92. The molecular formula is C30H20Br2ClN3O4. The number of H-pyrrole nitrogens is 1. The lowest BCUT2D eigenvalue weighted by Crippen LogP contribution is -2.19. The molecule has 4 aromatic carbocycles. The van der Waals surface area contributed by atoms with Gasteiger partial charge in [-0.05, 0) is 48.0 Å². The number of hydrogen-bond donors (Lipinski definition) is 2. The van der Waals surface area contributed by atoms with Gasteiger partial charge in [0.05, 0.1) is 29.4 Å². The summed E-state index contributed by atoms with van der Waals surface area (Å²) in [6.07, 6.45) is 1.40. The lowest BCUT2D eigenvalue weighted by molar-refractivity contribution is 0.0734. The van der Waals surface area contributed by atoms with Gasteiger partial charge in [-0.25, -0.2) is 10.2 Å². The third-order valence-corrected chi connectivity index (χ3v) is 7.50. The van der Waals surface area contributed by atoms with Crippen LogP contribution in [0.3, 0.4) is 0 Å². The van der Waals surface area contributed by atoms with E-state index in [0.29, 0.717) is 28.1 Å². The van der Waals surface area contributed by atoms with Crippen LogP contribution >= 0.6 is 43.5 Å². The molecule has 0 aliphatic heterocycles. The molecule has 5 aromatic rings. The van der Waals surface area contributed by atoms with Gasteiger partial charge in [-0.15, -0.1) is 0 Å². The first-order chi connectivity index (χ1) is 19.4. The number of hydrogen-bond acceptors (Lipinski definition) is 5. The van der Waals surface area contributed by atoms with Crippen molar-refractivity contribution in [3.63, 3.8) is 0 Å². The number of carbonyl (C=O) groups is 2. The quantitative estimate of drug-likeness (QED) is 0.0788. The minimum Gasteiger partial charge on any atom is -0.495 e. The van der Waals surface area contributed by atoms with Gasteiger partial charge in [-0.3, -0.25) is 4.79 Å². The van der Waals surface area contributed by atoms with Crippen molar-refractivity contribution in [3.8, 4) is 22.6 Å². The van der Waals surface area contributed by atoms with E-state index in [0.717, 1.165) is 19.9 Å². The molecule has 0 fully saturated rings. The van der Waals surface area contributed by atoms with Gasteiger partial charge in [0.15, 0.2) is 0 Å². The fourth-order valence-corrected chi connectivity index (χ4v) is 5.30. The first kappa shape index (κ1) is 27.6. The summed E-state index contributed by atoms with van der Waals surface area (Å²) in [5.74, 6) is -0.242. The van der Waals surface area contributed by atoms with Crippen LogP contribution in [0.1, 0.15) is 26.4 Å². The number of aromatic nitrogens is 1. The number of nitrogens with zero attached hydrogens (tertiary/aromatic N) is 1. The van der Waals surface area contributed by atoms with Crippen molar-refractivity contribution in [1.82, 2.24) is 10.4 Å². The zero-order valence-corrected chi connectivity index (χ0v) is 24.8. The molecule has 2 N–H and O–H groups in total. The second-order valence-electron chi connectivity index (χ2n) is 8.49. The predicted molar refractivity (Wildman–Crippen MR) is 164 cm³/mol. The molecule has 0 aliphatic rings. The van der Waals surface area contributed by atoms with E-state index in [9.17, 15) is 9.59 Å². The van der Waals surface area contributed by atoms with Crippen molar-refractivity contribution in [1.29, 1.82) is 0 Å². The monoisotopic (exact) mass is 679 g/mol. The van der Waals surface area contributed by atoms with Gasteiger partial charge in [0.25, 0.3) is 5.91 Å². The number of amides is 1. The molecule has 7 nitrogen and oxygen atoms in total. The molecule has 40 heavy (non-hydrogen) atoms. The summed E-state index contributed by atoms with van der Waals surface area (Å²) in [5.41, 5.74) is 5.80. The number of fused-ring (bicyclic) bond motifs is 1. The first-order valence-corrected chi connectivity index (χ1v) is 13.9. The molecule has 0 aliphatic carbocycles. The number of rotatable bonds is 7. The minimum absolute atomic E-state index is 0.233. The van der Waals surface area contributed by atoms with E-state index in [4.69, 9.17) is 21.1 Å². The molecule has 0 radical (unpaired) electrons. The van der Waals surface area contributed by atoms with Crippen molar-refractivity contribution in [2.45, 2.75) is 0 Å². The highest BCUT2D eigenvalue weighted by Crippen LogP contribution is 2.40. The molecule has 0 spiro atoms. The van der Waals surface area contributed by atoms with Gasteiger partial charge >= 0.3 is 5.97 Å². The summed E-state index contributed by atoms with van der Waals surface area (Å²) < 4.78 is 12.7. The highest BCUT2D eigenvalue weighted by atomic mass is 79.9. The largest absolute Gasteiger partial charge is 0.495 e. The van der Waals surface area contributed by atoms with Crippen molar-refractivity contribution < 1.29 is 19.1 Å². The van der Waals surface area contributed by atoms with Gasteiger partial charge in [0, 0.05) is 25.5 Å². The number of halogens is 3. The number of esters is 1. The van der Waals surface area contributed by atoms with E-state index >= 15 is 0 Å².